The first kappa shape index (κ1) is 12.3. The molecule has 0 saturated heterocycles. The van der Waals surface area contributed by atoms with Crippen LogP contribution in [0.25, 0.3) is 11.2 Å². The van der Waals surface area contributed by atoms with E-state index in [1.165, 1.54) is 6.33 Å². The number of hydrogen-bond acceptors (Lipinski definition) is 5. The Morgan fingerprint density at radius 2 is 2.11 bits per heavy atom. The van der Waals surface area contributed by atoms with Gasteiger partial charge in [0.05, 0.1) is 12.9 Å². The second kappa shape index (κ2) is 4.27. The van der Waals surface area contributed by atoms with Crippen LogP contribution in [0.15, 0.2) is 6.33 Å². The molecule has 18 heavy (non-hydrogen) atoms. The smallest absolute Gasteiger partial charge is 0.324 e. The van der Waals surface area contributed by atoms with Crippen LogP contribution in [0.4, 0.5) is 29.3 Å². The number of nitrogens with two attached hydrogens (primary N) is 1. The van der Waals surface area contributed by atoms with Crippen molar-refractivity contribution in [3.05, 3.63) is 6.33 Å². The molecule has 0 radical (unpaired) electrons. The van der Waals surface area contributed by atoms with E-state index in [9.17, 15) is 17.6 Å². The Balaban J connectivity index is 2.24. The fraction of sp³-hybridized carbons (Fsp3) is 0.375. The van der Waals surface area contributed by atoms with Crippen LogP contribution in [0.1, 0.15) is 0 Å². The molecular weight excluding hydrogens is 256 g/mol. The van der Waals surface area contributed by atoms with E-state index < -0.39 is 18.9 Å². The molecule has 98 valence electrons. The number of H-pyrrole nitrogens is 1. The Hall–Kier alpha value is -2.13. The molecule has 0 saturated carbocycles. The van der Waals surface area contributed by atoms with Crippen molar-refractivity contribution in [1.82, 2.24) is 19.9 Å². The summed E-state index contributed by atoms with van der Waals surface area (Å²) in [6.07, 6.45) is -2.50. The lowest BCUT2D eigenvalue weighted by Crippen LogP contribution is -2.35. The zero-order chi connectivity index (χ0) is 13.3. The summed E-state index contributed by atoms with van der Waals surface area (Å²) in [6.45, 7) is -1.27. The van der Waals surface area contributed by atoms with Crippen molar-refractivity contribution in [3.63, 3.8) is 0 Å². The first-order chi connectivity index (χ1) is 8.40. The van der Waals surface area contributed by atoms with E-state index in [0.717, 1.165) is 0 Å². The maximum absolute atomic E-state index is 12.7. The molecule has 10 heteroatoms. The van der Waals surface area contributed by atoms with E-state index in [2.05, 4.69) is 25.3 Å². The van der Waals surface area contributed by atoms with Gasteiger partial charge in [0, 0.05) is 0 Å². The predicted octanol–water partition coefficient (Wildman–Crippen LogP) is 1.25. The molecule has 2 heterocycles. The minimum Gasteiger partial charge on any atom is -0.368 e. The van der Waals surface area contributed by atoms with Crippen LogP contribution in [-0.2, 0) is 0 Å². The number of nitrogens with one attached hydrogen (secondary N) is 2. The molecule has 2 aromatic rings. The Morgan fingerprint density at radius 3 is 2.78 bits per heavy atom. The van der Waals surface area contributed by atoms with Gasteiger partial charge in [0.25, 0.3) is 0 Å². The molecule has 0 bridgehead atoms. The summed E-state index contributed by atoms with van der Waals surface area (Å²) >= 11 is 0. The van der Waals surface area contributed by atoms with Crippen LogP contribution in [-0.4, -0.2) is 38.8 Å². The lowest BCUT2D eigenvalue weighted by atomic mass is 10.3. The lowest BCUT2D eigenvalue weighted by molar-refractivity contribution is -0.117. The summed E-state index contributed by atoms with van der Waals surface area (Å²) < 4.78 is 49.5. The van der Waals surface area contributed by atoms with Gasteiger partial charge >= 0.3 is 12.3 Å². The summed E-state index contributed by atoms with van der Waals surface area (Å²) in [7, 11) is 0. The summed E-state index contributed by atoms with van der Waals surface area (Å²) in [5.74, 6) is -4.46. The van der Waals surface area contributed by atoms with Gasteiger partial charge in [0.1, 0.15) is 5.52 Å². The standard InChI is InChI=1S/C8H8F4N6/c9-6(10)8(11,12)1-14-4-3-5(16-2-15-3)18-7(13)17-4/h2,6H,1H2,(H4,13,14,15,16,17,18). The zero-order valence-corrected chi connectivity index (χ0v) is 8.79. The number of alkyl halides is 4. The minimum absolute atomic E-state index is 0.102. The minimum atomic E-state index is -4.16. The van der Waals surface area contributed by atoms with E-state index in [-0.39, 0.29) is 22.9 Å². The van der Waals surface area contributed by atoms with Crippen LogP contribution < -0.4 is 11.1 Å². The number of halogens is 4. The van der Waals surface area contributed by atoms with Gasteiger partial charge < -0.3 is 16.0 Å². The van der Waals surface area contributed by atoms with Gasteiger partial charge in [-0.25, -0.2) is 13.8 Å². The normalized spacial score (nSPS) is 12.3. The number of anilines is 2. The number of aromatic nitrogens is 4. The number of nitrogens with zero attached hydrogens (tertiary/aromatic N) is 3. The molecule has 0 atom stereocenters. The fourth-order valence-corrected chi connectivity index (χ4v) is 1.26. The lowest BCUT2D eigenvalue weighted by Gasteiger charge is -2.16. The molecule has 0 unspecified atom stereocenters. The first-order valence-corrected chi connectivity index (χ1v) is 4.76. The van der Waals surface area contributed by atoms with Crippen LogP contribution in [0, 0.1) is 0 Å². The van der Waals surface area contributed by atoms with Gasteiger partial charge in [0.15, 0.2) is 11.5 Å². The second-order valence-corrected chi connectivity index (χ2v) is 3.45. The summed E-state index contributed by atoms with van der Waals surface area (Å²) in [5, 5.41) is 2.10. The number of fused-ring (bicyclic) bond motifs is 1. The summed E-state index contributed by atoms with van der Waals surface area (Å²) in [5.41, 5.74) is 5.71. The average Bonchev–Trinajstić information content (AvgIpc) is 2.73. The van der Waals surface area contributed by atoms with Crippen LogP contribution in [0.3, 0.4) is 0 Å². The van der Waals surface area contributed by atoms with E-state index >= 15 is 0 Å². The number of hydrogen-bond donors (Lipinski definition) is 3. The SMILES string of the molecule is Nc1nc(NCC(F)(F)C(F)F)c2[nH]cnc2n1. The van der Waals surface area contributed by atoms with Crippen molar-refractivity contribution >= 4 is 22.9 Å². The van der Waals surface area contributed by atoms with Crippen molar-refractivity contribution in [2.24, 2.45) is 0 Å². The topological polar surface area (TPSA) is 92.5 Å². The predicted molar refractivity (Wildman–Crippen MR) is 55.5 cm³/mol. The maximum Gasteiger partial charge on any atom is 0.324 e. The first-order valence-electron chi connectivity index (χ1n) is 4.76. The molecule has 0 aliphatic rings. The number of rotatable bonds is 4. The van der Waals surface area contributed by atoms with Crippen molar-refractivity contribution < 1.29 is 17.6 Å². The van der Waals surface area contributed by atoms with Gasteiger partial charge in [-0.2, -0.15) is 18.7 Å². The highest BCUT2D eigenvalue weighted by molar-refractivity contribution is 5.83. The molecule has 2 aromatic heterocycles. The van der Waals surface area contributed by atoms with Gasteiger partial charge in [-0.05, 0) is 0 Å². The Bertz CT molecular complexity index is 554. The van der Waals surface area contributed by atoms with E-state index in [1.807, 2.05) is 0 Å². The van der Waals surface area contributed by atoms with Crippen molar-refractivity contribution in [2.45, 2.75) is 12.3 Å². The van der Waals surface area contributed by atoms with Crippen LogP contribution >= 0.6 is 0 Å². The molecule has 0 aliphatic heterocycles. The van der Waals surface area contributed by atoms with E-state index in [1.54, 1.807) is 0 Å². The molecule has 0 aromatic carbocycles. The number of imidazole rings is 1. The highest BCUT2D eigenvalue weighted by Gasteiger charge is 2.40. The van der Waals surface area contributed by atoms with Crippen molar-refractivity contribution in [3.8, 4) is 0 Å². The molecule has 0 spiro atoms. The summed E-state index contributed by atoms with van der Waals surface area (Å²) in [6, 6.07) is 0. The largest absolute Gasteiger partial charge is 0.368 e. The van der Waals surface area contributed by atoms with E-state index in [4.69, 9.17) is 5.73 Å². The Kier molecular flexibility index (Phi) is 2.93. The monoisotopic (exact) mass is 264 g/mol. The molecule has 4 N–H and O–H groups in total. The molecule has 6 nitrogen and oxygen atoms in total. The number of nitrogen functional groups attached to an aromatic ring is 1. The van der Waals surface area contributed by atoms with Gasteiger partial charge in [0.2, 0.25) is 5.95 Å². The van der Waals surface area contributed by atoms with Crippen LogP contribution in [0.2, 0.25) is 0 Å². The average molecular weight is 264 g/mol. The molecule has 0 amide bonds. The maximum atomic E-state index is 12.7. The van der Waals surface area contributed by atoms with E-state index in [0.29, 0.717) is 0 Å². The third-order valence-electron chi connectivity index (χ3n) is 2.11. The second-order valence-electron chi connectivity index (χ2n) is 3.45. The van der Waals surface area contributed by atoms with Gasteiger partial charge in [-0.3, -0.25) is 0 Å². The molecule has 0 aliphatic carbocycles. The highest BCUT2D eigenvalue weighted by atomic mass is 19.3. The van der Waals surface area contributed by atoms with Crippen molar-refractivity contribution in [1.29, 1.82) is 0 Å². The number of aromatic amines is 1. The highest BCUT2D eigenvalue weighted by Crippen LogP contribution is 2.24. The third-order valence-corrected chi connectivity index (χ3v) is 2.11. The Morgan fingerprint density at radius 1 is 1.39 bits per heavy atom. The third kappa shape index (κ3) is 2.26. The summed E-state index contributed by atoms with van der Waals surface area (Å²) in [4.78, 5) is 13.7. The zero-order valence-electron chi connectivity index (χ0n) is 8.79. The molecule has 0 fully saturated rings. The molecular formula is C8H8F4N6. The fourth-order valence-electron chi connectivity index (χ4n) is 1.26. The van der Waals surface area contributed by atoms with Crippen molar-refractivity contribution in [2.75, 3.05) is 17.6 Å². The molecule has 2 rings (SSSR count). The van der Waals surface area contributed by atoms with Gasteiger partial charge in [-0.15, -0.1) is 0 Å². The van der Waals surface area contributed by atoms with Crippen LogP contribution in [0.5, 0.6) is 0 Å². The van der Waals surface area contributed by atoms with Gasteiger partial charge in [-0.1, -0.05) is 0 Å². The Labute approximate surface area is 97.6 Å². The quantitative estimate of drug-likeness (QED) is 0.723.